The highest BCUT2D eigenvalue weighted by atomic mass is 35.5. The highest BCUT2D eigenvalue weighted by Gasteiger charge is 2.24. The van der Waals surface area contributed by atoms with Crippen molar-refractivity contribution in [2.24, 2.45) is 5.92 Å². The zero-order valence-corrected chi connectivity index (χ0v) is 17.1. The number of hydrogen-bond acceptors (Lipinski definition) is 5. The van der Waals surface area contributed by atoms with Crippen LogP contribution in [0.5, 0.6) is 0 Å². The second-order valence-electron chi connectivity index (χ2n) is 7.42. The molecule has 1 aromatic carbocycles. The van der Waals surface area contributed by atoms with Crippen LogP contribution in [0.2, 0.25) is 5.02 Å². The van der Waals surface area contributed by atoms with Crippen LogP contribution in [0.1, 0.15) is 36.0 Å². The van der Waals surface area contributed by atoms with Crippen molar-refractivity contribution >= 4 is 29.3 Å². The molecule has 0 saturated heterocycles. The van der Waals surface area contributed by atoms with Gasteiger partial charge in [-0.1, -0.05) is 11.6 Å². The van der Waals surface area contributed by atoms with Crippen molar-refractivity contribution in [2.75, 3.05) is 30.9 Å². The summed E-state index contributed by atoms with van der Waals surface area (Å²) >= 11 is 5.74. The summed E-state index contributed by atoms with van der Waals surface area (Å²) < 4.78 is 27.4. The van der Waals surface area contributed by atoms with Gasteiger partial charge in [0.1, 0.15) is 17.5 Å². The molecule has 1 aromatic heterocycles. The number of anilines is 2. The van der Waals surface area contributed by atoms with E-state index in [9.17, 15) is 13.6 Å². The van der Waals surface area contributed by atoms with Crippen LogP contribution in [-0.2, 0) is 0 Å². The van der Waals surface area contributed by atoms with Crippen LogP contribution in [0.4, 0.5) is 20.5 Å². The molecule has 156 valence electrons. The summed E-state index contributed by atoms with van der Waals surface area (Å²) in [6, 6.07) is 3.91. The van der Waals surface area contributed by atoms with E-state index in [-0.39, 0.29) is 12.0 Å². The first kappa shape index (κ1) is 21.2. The number of benzene rings is 1. The van der Waals surface area contributed by atoms with E-state index in [4.69, 9.17) is 11.6 Å². The van der Waals surface area contributed by atoms with Crippen LogP contribution >= 0.6 is 11.6 Å². The van der Waals surface area contributed by atoms with Gasteiger partial charge < -0.3 is 15.5 Å². The molecule has 0 unspecified atom stereocenters. The molecule has 9 heteroatoms. The minimum Gasteiger partial charge on any atom is -0.363 e. The predicted molar refractivity (Wildman–Crippen MR) is 109 cm³/mol. The van der Waals surface area contributed by atoms with Crippen LogP contribution in [-0.4, -0.2) is 42.6 Å². The van der Waals surface area contributed by atoms with Crippen molar-refractivity contribution in [1.82, 2.24) is 15.3 Å². The molecule has 0 aliphatic heterocycles. The van der Waals surface area contributed by atoms with Crippen molar-refractivity contribution < 1.29 is 13.6 Å². The Morgan fingerprint density at radius 2 is 1.86 bits per heavy atom. The molecule has 0 bridgehead atoms. The maximum absolute atomic E-state index is 13.8. The quantitative estimate of drug-likeness (QED) is 0.690. The van der Waals surface area contributed by atoms with E-state index in [0.717, 1.165) is 43.6 Å². The van der Waals surface area contributed by atoms with E-state index >= 15 is 0 Å². The maximum atomic E-state index is 13.8. The zero-order valence-electron chi connectivity index (χ0n) is 16.4. The van der Waals surface area contributed by atoms with Gasteiger partial charge in [0.2, 0.25) is 5.95 Å². The van der Waals surface area contributed by atoms with E-state index in [1.165, 1.54) is 0 Å². The number of rotatable bonds is 6. The molecule has 1 heterocycles. The van der Waals surface area contributed by atoms with Crippen molar-refractivity contribution in [3.8, 4) is 0 Å². The Kier molecular flexibility index (Phi) is 6.84. The van der Waals surface area contributed by atoms with E-state index in [0.29, 0.717) is 12.5 Å². The molecule has 1 fully saturated rings. The Bertz CT molecular complexity index is 872. The van der Waals surface area contributed by atoms with Gasteiger partial charge in [0, 0.05) is 32.9 Å². The van der Waals surface area contributed by atoms with Gasteiger partial charge in [-0.05, 0) is 49.8 Å². The number of nitrogens with zero attached hydrogens (tertiary/aromatic N) is 3. The molecule has 0 atom stereocenters. The molecule has 6 nitrogen and oxygen atoms in total. The predicted octanol–water partition coefficient (Wildman–Crippen LogP) is 3.87. The minimum absolute atomic E-state index is 0.259. The Hall–Kier alpha value is -2.48. The van der Waals surface area contributed by atoms with Gasteiger partial charge in [0.25, 0.3) is 5.91 Å². The third kappa shape index (κ3) is 5.32. The highest BCUT2D eigenvalue weighted by Crippen LogP contribution is 2.27. The molecule has 0 spiro atoms. The summed E-state index contributed by atoms with van der Waals surface area (Å²) in [5, 5.41) is 5.55. The lowest BCUT2D eigenvalue weighted by atomic mass is 9.86. The van der Waals surface area contributed by atoms with E-state index in [1.807, 2.05) is 25.1 Å². The summed E-state index contributed by atoms with van der Waals surface area (Å²) in [6.45, 7) is 0.393. The van der Waals surface area contributed by atoms with Gasteiger partial charge in [-0.25, -0.2) is 13.8 Å². The summed E-state index contributed by atoms with van der Waals surface area (Å²) in [5.41, 5.74) is -0.444. The third-order valence-corrected chi connectivity index (χ3v) is 5.47. The van der Waals surface area contributed by atoms with Crippen LogP contribution in [0.3, 0.4) is 0 Å². The number of aromatic nitrogens is 2. The Labute approximate surface area is 173 Å². The Morgan fingerprint density at radius 3 is 2.55 bits per heavy atom. The fourth-order valence-electron chi connectivity index (χ4n) is 3.42. The van der Waals surface area contributed by atoms with Gasteiger partial charge in [-0.3, -0.25) is 4.79 Å². The van der Waals surface area contributed by atoms with Gasteiger partial charge >= 0.3 is 0 Å². The van der Waals surface area contributed by atoms with Crippen molar-refractivity contribution in [3.05, 3.63) is 46.6 Å². The van der Waals surface area contributed by atoms with Gasteiger partial charge in [0.05, 0.1) is 10.6 Å². The standard InChI is InChI=1S/C20H24ClF2N5O/c1-28(2)16-9-10-24-20(27-16)26-13-5-3-12(4-6-13)11-25-19(29)17-14(22)7-8-15(23)18(17)21/h7-10,12-13H,3-6,11H2,1-2H3,(H,25,29)(H,24,26,27). The zero-order chi connectivity index (χ0) is 21.0. The molecule has 2 aromatic rings. The first-order valence-corrected chi connectivity index (χ1v) is 9.91. The lowest BCUT2D eigenvalue weighted by molar-refractivity contribution is 0.0939. The van der Waals surface area contributed by atoms with E-state index < -0.39 is 28.1 Å². The molecule has 3 rings (SSSR count). The average Bonchev–Trinajstić information content (AvgIpc) is 2.71. The van der Waals surface area contributed by atoms with Crippen molar-refractivity contribution in [2.45, 2.75) is 31.7 Å². The normalized spacial score (nSPS) is 18.9. The summed E-state index contributed by atoms with van der Waals surface area (Å²) in [4.78, 5) is 22.9. The molecular formula is C20H24ClF2N5O. The number of carbonyl (C=O) groups is 1. The van der Waals surface area contributed by atoms with Crippen molar-refractivity contribution in [1.29, 1.82) is 0 Å². The maximum Gasteiger partial charge on any atom is 0.255 e. The van der Waals surface area contributed by atoms with Gasteiger partial charge in [0.15, 0.2) is 0 Å². The van der Waals surface area contributed by atoms with Gasteiger partial charge in [-0.2, -0.15) is 4.98 Å². The third-order valence-electron chi connectivity index (χ3n) is 5.10. The molecule has 1 saturated carbocycles. The number of nitrogens with one attached hydrogen (secondary N) is 2. The molecule has 29 heavy (non-hydrogen) atoms. The van der Waals surface area contributed by atoms with E-state index in [2.05, 4.69) is 20.6 Å². The van der Waals surface area contributed by atoms with Crippen LogP contribution in [0, 0.1) is 17.6 Å². The number of carbonyl (C=O) groups excluding carboxylic acids is 1. The van der Waals surface area contributed by atoms with E-state index in [1.54, 1.807) is 6.20 Å². The smallest absolute Gasteiger partial charge is 0.255 e. The molecule has 0 radical (unpaired) electrons. The largest absolute Gasteiger partial charge is 0.363 e. The molecule has 1 aliphatic rings. The fourth-order valence-corrected chi connectivity index (χ4v) is 3.66. The van der Waals surface area contributed by atoms with Crippen LogP contribution in [0.15, 0.2) is 24.4 Å². The number of amides is 1. The second kappa shape index (κ2) is 9.35. The SMILES string of the molecule is CN(C)c1ccnc(NC2CCC(CNC(=O)c3c(F)ccc(F)c3Cl)CC2)n1. The summed E-state index contributed by atoms with van der Waals surface area (Å²) in [6.07, 6.45) is 5.33. The minimum atomic E-state index is -0.832. The highest BCUT2D eigenvalue weighted by molar-refractivity contribution is 6.34. The monoisotopic (exact) mass is 423 g/mol. The first-order valence-electron chi connectivity index (χ1n) is 9.53. The summed E-state index contributed by atoms with van der Waals surface area (Å²) in [7, 11) is 3.85. The molecular weight excluding hydrogens is 400 g/mol. The topological polar surface area (TPSA) is 70.2 Å². The number of hydrogen-bond donors (Lipinski definition) is 2. The van der Waals surface area contributed by atoms with Crippen molar-refractivity contribution in [3.63, 3.8) is 0 Å². The number of halogens is 3. The molecule has 1 aliphatic carbocycles. The lowest BCUT2D eigenvalue weighted by Gasteiger charge is -2.29. The van der Waals surface area contributed by atoms with Crippen LogP contribution < -0.4 is 15.5 Å². The van der Waals surface area contributed by atoms with Gasteiger partial charge in [-0.15, -0.1) is 0 Å². The first-order chi connectivity index (χ1) is 13.8. The van der Waals surface area contributed by atoms with Crippen LogP contribution in [0.25, 0.3) is 0 Å². The second-order valence-corrected chi connectivity index (χ2v) is 7.80. The lowest BCUT2D eigenvalue weighted by Crippen LogP contribution is -2.34. The average molecular weight is 424 g/mol. The Morgan fingerprint density at radius 1 is 1.17 bits per heavy atom. The Balaban J connectivity index is 1.49. The summed E-state index contributed by atoms with van der Waals surface area (Å²) in [5.74, 6) is -0.638. The molecule has 2 N–H and O–H groups in total. The fraction of sp³-hybridized carbons (Fsp3) is 0.450. The molecule has 1 amide bonds.